The van der Waals surface area contributed by atoms with Gasteiger partial charge in [0.1, 0.15) is 23.2 Å². The van der Waals surface area contributed by atoms with Crippen LogP contribution in [-0.2, 0) is 11.8 Å². The molecule has 9 nitrogen and oxygen atoms in total. The number of aromatic amines is 1. The lowest BCUT2D eigenvalue weighted by molar-refractivity contribution is 0.0764. The number of rotatable bonds is 12. The van der Waals surface area contributed by atoms with Crippen molar-refractivity contribution in [3.63, 3.8) is 0 Å². The van der Waals surface area contributed by atoms with E-state index in [0.29, 0.717) is 54.9 Å². The number of methoxy groups -OCH3 is 1. The molecule has 0 fully saturated rings. The maximum atomic E-state index is 13.9. The monoisotopic (exact) mass is 614 g/mol. The van der Waals surface area contributed by atoms with Crippen LogP contribution >= 0.6 is 0 Å². The second-order valence-corrected chi connectivity index (χ2v) is 13.0. The molecule has 4 aromatic rings. The fourth-order valence-corrected chi connectivity index (χ4v) is 5.62. The van der Waals surface area contributed by atoms with Crippen LogP contribution < -0.4 is 15.8 Å². The van der Waals surface area contributed by atoms with E-state index in [1.165, 1.54) is 0 Å². The summed E-state index contributed by atoms with van der Waals surface area (Å²) in [6.07, 6.45) is 1.17. The normalized spacial score (nSPS) is 12.4. The van der Waals surface area contributed by atoms with E-state index in [9.17, 15) is 4.79 Å². The molecule has 0 aliphatic carbocycles. The number of nitrogens with one attached hydrogen (secondary N) is 2. The number of aliphatic imine (C=N–C) groups is 1. The molecular formula is C36H50N6O3. The molecule has 4 N–H and O–H groups in total. The summed E-state index contributed by atoms with van der Waals surface area (Å²) in [4.78, 5) is 24.1. The number of hydrogen-bond donors (Lipinski definition) is 3. The predicted molar refractivity (Wildman–Crippen MR) is 184 cm³/mol. The van der Waals surface area contributed by atoms with Crippen molar-refractivity contribution in [2.24, 2.45) is 10.7 Å². The highest BCUT2D eigenvalue weighted by atomic mass is 16.5. The third-order valence-corrected chi connectivity index (χ3v) is 8.21. The first-order chi connectivity index (χ1) is 21.3. The Bertz CT molecular complexity index is 1670. The molecule has 0 atom stereocenters. The molecule has 2 aromatic carbocycles. The van der Waals surface area contributed by atoms with E-state index >= 15 is 0 Å². The van der Waals surface area contributed by atoms with Crippen molar-refractivity contribution in [3.05, 3.63) is 64.0 Å². The van der Waals surface area contributed by atoms with Crippen LogP contribution in [-0.4, -0.2) is 59.6 Å². The summed E-state index contributed by atoms with van der Waals surface area (Å²) < 4.78 is 11.4. The van der Waals surface area contributed by atoms with Crippen molar-refractivity contribution in [2.45, 2.75) is 86.6 Å². The Hall–Kier alpha value is -4.11. The van der Waals surface area contributed by atoms with Crippen molar-refractivity contribution in [1.82, 2.24) is 20.4 Å². The lowest BCUT2D eigenvalue weighted by atomic mass is 9.84. The van der Waals surface area contributed by atoms with Crippen LogP contribution in [0.4, 0.5) is 5.82 Å². The first-order valence-corrected chi connectivity index (χ1v) is 15.9. The summed E-state index contributed by atoms with van der Waals surface area (Å²) in [7, 11) is 1.67. The predicted octanol–water partition coefficient (Wildman–Crippen LogP) is 7.20. The molecule has 0 spiro atoms. The van der Waals surface area contributed by atoms with Crippen molar-refractivity contribution in [3.8, 4) is 16.9 Å². The fraction of sp³-hybridized carbons (Fsp3) is 0.472. The number of H-pyrrole nitrogens is 1. The van der Waals surface area contributed by atoms with Gasteiger partial charge in [0.25, 0.3) is 5.91 Å². The SMILES string of the molecule is CCC(N)=Nc1[nH]c2cc(-c3c(C)noc3C)c(OC)cc2c1Cc1cc(C(=O)N(CC)CCNC(C)C)cc(C(C)(C)C)c1. The quantitative estimate of drug-likeness (QED) is 0.115. The van der Waals surface area contributed by atoms with Crippen LogP contribution in [0, 0.1) is 13.8 Å². The Morgan fingerprint density at radius 1 is 1.16 bits per heavy atom. The fourth-order valence-electron chi connectivity index (χ4n) is 5.62. The number of likely N-dealkylation sites (N-methyl/N-ethyl adjacent to an activating group) is 1. The number of nitrogens with two attached hydrogens (primary N) is 1. The van der Waals surface area contributed by atoms with Crippen LogP contribution in [0.3, 0.4) is 0 Å². The smallest absolute Gasteiger partial charge is 0.253 e. The molecule has 2 aromatic heterocycles. The van der Waals surface area contributed by atoms with Gasteiger partial charge >= 0.3 is 0 Å². The van der Waals surface area contributed by atoms with Gasteiger partial charge in [-0.05, 0) is 61.6 Å². The summed E-state index contributed by atoms with van der Waals surface area (Å²) >= 11 is 0. The lowest BCUT2D eigenvalue weighted by Gasteiger charge is -2.25. The Morgan fingerprint density at radius 3 is 2.47 bits per heavy atom. The summed E-state index contributed by atoms with van der Waals surface area (Å²) in [5.41, 5.74) is 13.4. The lowest BCUT2D eigenvalue weighted by Crippen LogP contribution is -2.38. The number of benzene rings is 2. The van der Waals surface area contributed by atoms with Crippen molar-refractivity contribution < 1.29 is 14.1 Å². The third kappa shape index (κ3) is 7.59. The number of amides is 1. The summed E-state index contributed by atoms with van der Waals surface area (Å²) in [6, 6.07) is 10.8. The average molecular weight is 615 g/mol. The van der Waals surface area contributed by atoms with Crippen molar-refractivity contribution in [2.75, 3.05) is 26.7 Å². The number of carbonyl (C=O) groups is 1. The number of hydrogen-bond acceptors (Lipinski definition) is 6. The van der Waals surface area contributed by atoms with Gasteiger partial charge in [0.05, 0.1) is 18.4 Å². The number of fused-ring (bicyclic) bond motifs is 1. The van der Waals surface area contributed by atoms with Gasteiger partial charge in [-0.2, -0.15) is 0 Å². The molecule has 0 radical (unpaired) electrons. The molecule has 0 bridgehead atoms. The maximum Gasteiger partial charge on any atom is 0.253 e. The molecule has 242 valence electrons. The van der Waals surface area contributed by atoms with Crippen LogP contribution in [0.15, 0.2) is 39.8 Å². The number of nitrogens with zero attached hydrogens (tertiary/aromatic N) is 3. The zero-order chi connectivity index (χ0) is 33.1. The Labute approximate surface area is 267 Å². The zero-order valence-electron chi connectivity index (χ0n) is 28.6. The molecule has 0 unspecified atom stereocenters. The van der Waals surface area contributed by atoms with E-state index in [0.717, 1.165) is 56.7 Å². The summed E-state index contributed by atoms with van der Waals surface area (Å²) in [5.74, 6) is 2.71. The van der Waals surface area contributed by atoms with E-state index in [2.05, 4.69) is 62.2 Å². The minimum atomic E-state index is -0.151. The Kier molecular flexibility index (Phi) is 10.4. The van der Waals surface area contributed by atoms with Gasteiger partial charge in [0, 0.05) is 66.1 Å². The molecule has 2 heterocycles. The van der Waals surface area contributed by atoms with E-state index in [1.807, 2.05) is 50.8 Å². The number of ether oxygens (including phenoxy) is 1. The molecule has 0 saturated heterocycles. The minimum absolute atomic E-state index is 0.0357. The van der Waals surface area contributed by atoms with Gasteiger partial charge in [-0.1, -0.05) is 52.8 Å². The van der Waals surface area contributed by atoms with E-state index in [-0.39, 0.29) is 11.3 Å². The molecule has 45 heavy (non-hydrogen) atoms. The highest BCUT2D eigenvalue weighted by molar-refractivity contribution is 5.97. The topological polar surface area (TPSA) is 122 Å². The van der Waals surface area contributed by atoms with E-state index in [1.54, 1.807) is 7.11 Å². The van der Waals surface area contributed by atoms with E-state index in [4.69, 9.17) is 20.0 Å². The van der Waals surface area contributed by atoms with Gasteiger partial charge in [-0.3, -0.25) is 4.79 Å². The van der Waals surface area contributed by atoms with Gasteiger partial charge in [0.15, 0.2) is 0 Å². The minimum Gasteiger partial charge on any atom is -0.496 e. The summed E-state index contributed by atoms with van der Waals surface area (Å²) in [6.45, 7) is 20.6. The molecule has 0 saturated carbocycles. The first kappa shape index (κ1) is 33.8. The first-order valence-electron chi connectivity index (χ1n) is 15.9. The van der Waals surface area contributed by atoms with Crippen molar-refractivity contribution in [1.29, 1.82) is 0 Å². The highest BCUT2D eigenvalue weighted by Gasteiger charge is 2.24. The number of aromatic nitrogens is 2. The van der Waals surface area contributed by atoms with Gasteiger partial charge < -0.3 is 30.2 Å². The second-order valence-electron chi connectivity index (χ2n) is 13.0. The molecular weight excluding hydrogens is 564 g/mol. The number of amidine groups is 1. The molecule has 9 heteroatoms. The third-order valence-electron chi connectivity index (χ3n) is 8.21. The van der Waals surface area contributed by atoms with Crippen LogP contribution in [0.2, 0.25) is 0 Å². The van der Waals surface area contributed by atoms with Crippen molar-refractivity contribution >= 4 is 28.5 Å². The number of carbonyl (C=O) groups excluding carboxylic acids is 1. The molecule has 0 aliphatic heterocycles. The highest BCUT2D eigenvalue weighted by Crippen LogP contribution is 2.41. The summed E-state index contributed by atoms with van der Waals surface area (Å²) in [5, 5.41) is 8.56. The van der Waals surface area contributed by atoms with Gasteiger partial charge in [-0.15, -0.1) is 0 Å². The standard InChI is InChI=1S/C36H50N6O3/c1-11-32(37)40-34-28(27-20-31(44-10)29(19-30(27)39-34)33-22(5)41-45-23(33)6)17-24-15-25(18-26(16-24)36(7,8)9)35(43)42(12-2)14-13-38-21(3)4/h15-16,18-21,38-39H,11-14,17H2,1-10H3,(H2,37,40). The largest absolute Gasteiger partial charge is 0.496 e. The van der Waals surface area contributed by atoms with Gasteiger partial charge in [-0.25, -0.2) is 4.99 Å². The zero-order valence-corrected chi connectivity index (χ0v) is 28.6. The molecule has 4 rings (SSSR count). The Morgan fingerprint density at radius 2 is 1.89 bits per heavy atom. The van der Waals surface area contributed by atoms with E-state index < -0.39 is 0 Å². The van der Waals surface area contributed by atoms with Gasteiger partial charge in [0.2, 0.25) is 0 Å². The average Bonchev–Trinajstić information content (AvgIpc) is 3.50. The van der Waals surface area contributed by atoms with Crippen LogP contribution in [0.1, 0.15) is 93.4 Å². The molecule has 1 amide bonds. The Balaban J connectivity index is 1.86. The molecule has 0 aliphatic rings. The van der Waals surface area contributed by atoms with Crippen LogP contribution in [0.25, 0.3) is 22.0 Å². The second kappa shape index (κ2) is 13.9. The maximum absolute atomic E-state index is 13.9. The number of aryl methyl sites for hydroxylation is 2. The van der Waals surface area contributed by atoms with Crippen LogP contribution in [0.5, 0.6) is 5.75 Å².